The molecule has 3 heteroatoms. The Balaban J connectivity index is 1.99. The molecule has 3 nitrogen and oxygen atoms in total. The van der Waals surface area contributed by atoms with Crippen molar-refractivity contribution in [3.63, 3.8) is 0 Å². The van der Waals surface area contributed by atoms with Gasteiger partial charge in [0.15, 0.2) is 0 Å². The van der Waals surface area contributed by atoms with Gasteiger partial charge < -0.3 is 10.0 Å². The second-order valence-electron chi connectivity index (χ2n) is 7.85. The molecule has 2 aromatic rings. The minimum Gasteiger partial charge on any atom is -0.377 e. The number of pyridine rings is 1. The molecule has 1 aromatic heterocycles. The van der Waals surface area contributed by atoms with E-state index in [0.717, 1.165) is 48.0 Å². The largest absolute Gasteiger partial charge is 0.377 e. The second-order valence-corrected chi connectivity index (χ2v) is 7.85. The lowest BCUT2D eigenvalue weighted by molar-refractivity contribution is -0.0346. The molecule has 0 saturated carbocycles. The van der Waals surface area contributed by atoms with Crippen LogP contribution in [0.3, 0.4) is 0 Å². The number of rotatable bonds is 3. The van der Waals surface area contributed by atoms with Gasteiger partial charge in [-0.2, -0.15) is 0 Å². The molecule has 2 heterocycles. The Hall–Kier alpha value is -1.89. The van der Waals surface area contributed by atoms with E-state index in [1.807, 2.05) is 18.2 Å². The minimum absolute atomic E-state index is 0.129. The summed E-state index contributed by atoms with van der Waals surface area (Å²) < 4.78 is 0. The third kappa shape index (κ3) is 3.92. The van der Waals surface area contributed by atoms with Gasteiger partial charge in [-0.1, -0.05) is 50.3 Å². The van der Waals surface area contributed by atoms with Gasteiger partial charge in [0.25, 0.3) is 0 Å². The van der Waals surface area contributed by atoms with E-state index in [2.05, 4.69) is 56.7 Å². The molecule has 0 bridgehead atoms. The van der Waals surface area contributed by atoms with Crippen molar-refractivity contribution in [1.29, 1.82) is 0 Å². The maximum absolute atomic E-state index is 11.2. The first-order valence-corrected chi connectivity index (χ1v) is 9.77. The number of likely N-dealkylation sites (tertiary alicyclic amines) is 1. The van der Waals surface area contributed by atoms with Crippen LogP contribution in [0.15, 0.2) is 30.3 Å². The topological polar surface area (TPSA) is 36.4 Å². The van der Waals surface area contributed by atoms with Crippen LogP contribution in [-0.2, 0) is 6.42 Å². The number of para-hydroxylation sites is 1. The molecule has 1 saturated heterocycles. The molecule has 26 heavy (non-hydrogen) atoms. The second kappa shape index (κ2) is 7.78. The van der Waals surface area contributed by atoms with Crippen molar-refractivity contribution in [2.45, 2.75) is 58.1 Å². The van der Waals surface area contributed by atoms with Gasteiger partial charge in [-0.15, -0.1) is 0 Å². The summed E-state index contributed by atoms with van der Waals surface area (Å²) in [6.45, 7) is 7.31. The summed E-state index contributed by atoms with van der Waals surface area (Å²) in [5.74, 6) is 6.69. The van der Waals surface area contributed by atoms with Crippen LogP contribution in [0.25, 0.3) is 10.9 Å². The monoisotopic (exact) mass is 350 g/mol. The molecule has 138 valence electrons. The molecule has 1 fully saturated rings. The first kappa shape index (κ1) is 18.9. The molecule has 1 aliphatic heterocycles. The number of aromatic nitrogens is 1. The molecule has 3 rings (SSSR count). The van der Waals surface area contributed by atoms with Crippen LogP contribution in [0, 0.1) is 17.8 Å². The number of unbranched alkanes of at least 4 members (excludes halogenated alkanes) is 1. The zero-order valence-electron chi connectivity index (χ0n) is 16.4. The Morgan fingerprint density at radius 1 is 1.31 bits per heavy atom. The highest BCUT2D eigenvalue weighted by molar-refractivity contribution is 5.85. The Morgan fingerprint density at radius 3 is 2.85 bits per heavy atom. The number of aliphatic hydroxyl groups is 1. The summed E-state index contributed by atoms with van der Waals surface area (Å²) in [6, 6.07) is 10.6. The lowest BCUT2D eigenvalue weighted by atomic mass is 9.79. The molecule has 0 amide bonds. The number of nitrogens with zero attached hydrogens (tertiary/aromatic N) is 2. The summed E-state index contributed by atoms with van der Waals surface area (Å²) in [6.07, 6.45) is 3.93. The lowest BCUT2D eigenvalue weighted by Gasteiger charge is -2.42. The molecule has 1 aliphatic rings. The molecule has 0 aliphatic carbocycles. The molecule has 0 radical (unpaired) electrons. The number of hydrogen-bond donors (Lipinski definition) is 1. The average Bonchev–Trinajstić information content (AvgIpc) is 2.63. The zero-order valence-corrected chi connectivity index (χ0v) is 16.4. The van der Waals surface area contributed by atoms with Gasteiger partial charge in [-0.3, -0.25) is 4.98 Å². The molecular formula is C23H30N2O. The average molecular weight is 351 g/mol. The van der Waals surface area contributed by atoms with Gasteiger partial charge >= 0.3 is 0 Å². The molecule has 0 spiro atoms. The first-order valence-electron chi connectivity index (χ1n) is 9.77. The van der Waals surface area contributed by atoms with Crippen molar-refractivity contribution in [2.24, 2.45) is 5.92 Å². The predicted octanol–water partition coefficient (Wildman–Crippen LogP) is 4.02. The molecule has 1 N–H and O–H groups in total. The fourth-order valence-corrected chi connectivity index (χ4v) is 3.74. The predicted molar refractivity (Wildman–Crippen MR) is 108 cm³/mol. The van der Waals surface area contributed by atoms with E-state index in [0.29, 0.717) is 12.5 Å². The lowest BCUT2D eigenvalue weighted by Crippen LogP contribution is -2.52. The van der Waals surface area contributed by atoms with E-state index in [-0.39, 0.29) is 5.92 Å². The highest BCUT2D eigenvalue weighted by Crippen LogP contribution is 2.30. The standard InChI is InChI=1S/C23H30N2O/c1-5-6-9-20-14-19(21-10-7-8-11-22(21)24-20)12-13-23(26)15-18(3)25(4)16-17(23)2/h7-8,10-11,14,17-18,26H,5-6,9,15-16H2,1-4H3. The van der Waals surface area contributed by atoms with E-state index < -0.39 is 5.60 Å². The van der Waals surface area contributed by atoms with Gasteiger partial charge in [-0.05, 0) is 38.9 Å². The van der Waals surface area contributed by atoms with Crippen LogP contribution in [0.5, 0.6) is 0 Å². The smallest absolute Gasteiger partial charge is 0.131 e. The third-order valence-corrected chi connectivity index (χ3v) is 5.71. The fourth-order valence-electron chi connectivity index (χ4n) is 3.74. The van der Waals surface area contributed by atoms with E-state index in [1.54, 1.807) is 0 Å². The molecule has 1 aromatic carbocycles. The molecular weight excluding hydrogens is 320 g/mol. The maximum Gasteiger partial charge on any atom is 0.131 e. The van der Waals surface area contributed by atoms with Crippen LogP contribution in [0.2, 0.25) is 0 Å². The van der Waals surface area contributed by atoms with Gasteiger partial charge in [0, 0.05) is 41.6 Å². The summed E-state index contributed by atoms with van der Waals surface area (Å²) in [5.41, 5.74) is 2.13. The van der Waals surface area contributed by atoms with Gasteiger partial charge in [0.1, 0.15) is 5.60 Å². The number of piperidine rings is 1. The highest BCUT2D eigenvalue weighted by atomic mass is 16.3. The highest BCUT2D eigenvalue weighted by Gasteiger charge is 2.39. The molecule has 3 unspecified atom stereocenters. The van der Waals surface area contributed by atoms with E-state index in [4.69, 9.17) is 4.98 Å². The van der Waals surface area contributed by atoms with Crippen molar-refractivity contribution in [2.75, 3.05) is 13.6 Å². The minimum atomic E-state index is -0.931. The van der Waals surface area contributed by atoms with E-state index in [1.165, 1.54) is 0 Å². The molecule has 3 atom stereocenters. The van der Waals surface area contributed by atoms with Crippen LogP contribution in [0.4, 0.5) is 0 Å². The Bertz CT molecular complexity index is 835. The van der Waals surface area contributed by atoms with Gasteiger partial charge in [-0.25, -0.2) is 0 Å². The Morgan fingerprint density at radius 2 is 2.08 bits per heavy atom. The SMILES string of the molecule is CCCCc1cc(C#CC2(O)CC(C)N(C)CC2C)c2ccccc2n1. The summed E-state index contributed by atoms with van der Waals surface area (Å²) in [4.78, 5) is 7.08. The number of benzene rings is 1. The van der Waals surface area contributed by atoms with Crippen LogP contribution in [-0.4, -0.2) is 40.2 Å². The number of hydrogen-bond acceptors (Lipinski definition) is 3. The van der Waals surface area contributed by atoms with Crippen molar-refractivity contribution >= 4 is 10.9 Å². The quantitative estimate of drug-likeness (QED) is 0.850. The Labute approximate surface area is 157 Å². The summed E-state index contributed by atoms with van der Waals surface area (Å²) in [5, 5.41) is 12.2. The van der Waals surface area contributed by atoms with Crippen LogP contribution >= 0.6 is 0 Å². The van der Waals surface area contributed by atoms with Gasteiger partial charge in [0.2, 0.25) is 0 Å². The number of aryl methyl sites for hydroxylation is 1. The zero-order chi connectivity index (χ0) is 18.7. The van der Waals surface area contributed by atoms with Crippen molar-refractivity contribution in [1.82, 2.24) is 9.88 Å². The van der Waals surface area contributed by atoms with Crippen molar-refractivity contribution in [3.05, 3.63) is 41.6 Å². The third-order valence-electron chi connectivity index (χ3n) is 5.71. The normalized spacial score (nSPS) is 26.5. The fraction of sp³-hybridized carbons (Fsp3) is 0.522. The number of fused-ring (bicyclic) bond motifs is 1. The van der Waals surface area contributed by atoms with Gasteiger partial charge in [0.05, 0.1) is 5.52 Å². The summed E-state index contributed by atoms with van der Waals surface area (Å²) >= 11 is 0. The first-order chi connectivity index (χ1) is 12.4. The van der Waals surface area contributed by atoms with Crippen molar-refractivity contribution < 1.29 is 5.11 Å². The van der Waals surface area contributed by atoms with Crippen LogP contribution < -0.4 is 0 Å². The van der Waals surface area contributed by atoms with Crippen molar-refractivity contribution in [3.8, 4) is 11.8 Å². The maximum atomic E-state index is 11.2. The summed E-state index contributed by atoms with van der Waals surface area (Å²) in [7, 11) is 2.12. The van der Waals surface area contributed by atoms with Crippen LogP contribution in [0.1, 0.15) is 51.3 Å². The van der Waals surface area contributed by atoms with E-state index >= 15 is 0 Å². The Kier molecular flexibility index (Phi) is 5.65. The van der Waals surface area contributed by atoms with E-state index in [9.17, 15) is 5.11 Å².